The Labute approximate surface area is 141 Å². The minimum absolute atomic E-state index is 0.128. The first kappa shape index (κ1) is 19.5. The predicted molar refractivity (Wildman–Crippen MR) is 87.7 cm³/mol. The molecule has 0 spiro atoms. The molecule has 1 rings (SSSR count). The highest BCUT2D eigenvalue weighted by molar-refractivity contribution is 6.30. The van der Waals surface area contributed by atoms with Crippen molar-refractivity contribution in [3.05, 3.63) is 28.3 Å². The molecule has 0 aliphatic rings. The highest BCUT2D eigenvalue weighted by Crippen LogP contribution is 2.28. The average molecular weight is 343 g/mol. The molecule has 1 unspecified atom stereocenters. The molecule has 0 saturated carbocycles. The van der Waals surface area contributed by atoms with Gasteiger partial charge < -0.3 is 14.6 Å². The first-order chi connectivity index (χ1) is 10.7. The van der Waals surface area contributed by atoms with Crippen LogP contribution < -0.4 is 4.74 Å². The Hall–Kier alpha value is -1.59. The van der Waals surface area contributed by atoms with Gasteiger partial charge in [0.25, 0.3) is 0 Å². The molecule has 0 fully saturated rings. The summed E-state index contributed by atoms with van der Waals surface area (Å²) in [6, 6.07) is 3.36. The van der Waals surface area contributed by atoms with Crippen molar-refractivity contribution >= 4 is 23.5 Å². The minimum Gasteiger partial charge on any atom is -0.496 e. The SMILES string of the molecule is CCCC(C)(O)C(=O)OC(=O)Cc1c(CC)cc(Cl)cc1OC. The third-order valence-corrected chi connectivity index (χ3v) is 3.79. The van der Waals surface area contributed by atoms with Crippen molar-refractivity contribution in [2.75, 3.05) is 7.11 Å². The normalized spacial score (nSPS) is 13.3. The predicted octanol–water partition coefficient (Wildman–Crippen LogP) is 3.07. The van der Waals surface area contributed by atoms with E-state index in [1.54, 1.807) is 12.1 Å². The molecule has 1 N–H and O–H groups in total. The smallest absolute Gasteiger partial charge is 0.345 e. The number of carbonyl (C=O) groups excluding carboxylic acids is 2. The molecule has 0 saturated heterocycles. The summed E-state index contributed by atoms with van der Waals surface area (Å²) in [5, 5.41) is 10.5. The van der Waals surface area contributed by atoms with E-state index >= 15 is 0 Å². The van der Waals surface area contributed by atoms with E-state index in [4.69, 9.17) is 21.1 Å². The molecular formula is C17H23ClO5. The summed E-state index contributed by atoms with van der Waals surface area (Å²) in [6.45, 7) is 5.10. The Morgan fingerprint density at radius 2 is 1.96 bits per heavy atom. The van der Waals surface area contributed by atoms with E-state index in [1.165, 1.54) is 14.0 Å². The Kier molecular flexibility index (Phi) is 7.03. The van der Waals surface area contributed by atoms with Crippen molar-refractivity contribution < 1.29 is 24.2 Å². The summed E-state index contributed by atoms with van der Waals surface area (Å²) in [6.07, 6.45) is 1.35. The first-order valence-electron chi connectivity index (χ1n) is 7.57. The molecule has 0 amide bonds. The van der Waals surface area contributed by atoms with E-state index in [0.29, 0.717) is 29.2 Å². The number of methoxy groups -OCH3 is 1. The van der Waals surface area contributed by atoms with Crippen LogP contribution in [0.1, 0.15) is 44.7 Å². The number of benzene rings is 1. The lowest BCUT2D eigenvalue weighted by atomic mass is 10.0. The summed E-state index contributed by atoms with van der Waals surface area (Å²) in [4.78, 5) is 23.9. The number of esters is 2. The number of carbonyl (C=O) groups is 2. The Bertz CT molecular complexity index is 555. The van der Waals surface area contributed by atoms with Gasteiger partial charge >= 0.3 is 11.9 Å². The molecule has 0 aliphatic heterocycles. The van der Waals surface area contributed by atoms with Crippen molar-refractivity contribution in [1.29, 1.82) is 0 Å². The highest BCUT2D eigenvalue weighted by atomic mass is 35.5. The van der Waals surface area contributed by atoms with E-state index in [1.807, 2.05) is 13.8 Å². The second-order valence-corrected chi connectivity index (χ2v) is 6.00. The van der Waals surface area contributed by atoms with Crippen molar-refractivity contribution in [2.24, 2.45) is 0 Å². The summed E-state index contributed by atoms with van der Waals surface area (Å²) < 4.78 is 10.0. The van der Waals surface area contributed by atoms with E-state index in [-0.39, 0.29) is 12.8 Å². The number of hydrogen-bond donors (Lipinski definition) is 1. The van der Waals surface area contributed by atoms with E-state index in [9.17, 15) is 14.7 Å². The molecule has 128 valence electrons. The van der Waals surface area contributed by atoms with Crippen LogP contribution in [0.2, 0.25) is 5.02 Å². The standard InChI is InChI=1S/C17H23ClO5/c1-5-7-17(3,21)16(20)23-15(19)10-13-11(6-2)8-12(18)9-14(13)22-4/h8-9,21H,5-7,10H2,1-4H3. The largest absolute Gasteiger partial charge is 0.496 e. The molecule has 0 bridgehead atoms. The maximum absolute atomic E-state index is 12.1. The lowest BCUT2D eigenvalue weighted by Crippen LogP contribution is -2.38. The number of ether oxygens (including phenoxy) is 2. The molecule has 23 heavy (non-hydrogen) atoms. The van der Waals surface area contributed by atoms with E-state index in [0.717, 1.165) is 5.56 Å². The molecule has 1 atom stereocenters. The second-order valence-electron chi connectivity index (χ2n) is 5.56. The Morgan fingerprint density at radius 3 is 2.48 bits per heavy atom. The van der Waals surface area contributed by atoms with Gasteiger partial charge in [0.05, 0.1) is 13.5 Å². The van der Waals surface area contributed by atoms with Crippen molar-refractivity contribution in [3.63, 3.8) is 0 Å². The maximum atomic E-state index is 12.1. The van der Waals surface area contributed by atoms with Gasteiger partial charge in [-0.15, -0.1) is 0 Å². The number of rotatable bonds is 7. The van der Waals surface area contributed by atoms with Gasteiger partial charge in [0, 0.05) is 10.6 Å². The van der Waals surface area contributed by atoms with Gasteiger partial charge in [-0.2, -0.15) is 0 Å². The molecule has 0 heterocycles. The summed E-state index contributed by atoms with van der Waals surface area (Å²) >= 11 is 6.01. The van der Waals surface area contributed by atoms with Crippen LogP contribution in [0, 0.1) is 0 Å². The second kappa shape index (κ2) is 8.31. The van der Waals surface area contributed by atoms with Crippen molar-refractivity contribution in [3.8, 4) is 5.75 Å². The first-order valence-corrected chi connectivity index (χ1v) is 7.95. The average Bonchev–Trinajstić information content (AvgIpc) is 2.48. The fourth-order valence-electron chi connectivity index (χ4n) is 2.35. The summed E-state index contributed by atoms with van der Waals surface area (Å²) in [5.74, 6) is -1.20. The van der Waals surface area contributed by atoms with Crippen LogP contribution in [0.5, 0.6) is 5.75 Å². The van der Waals surface area contributed by atoms with Crippen molar-refractivity contribution in [1.82, 2.24) is 0 Å². The third kappa shape index (κ3) is 5.22. The fraction of sp³-hybridized carbons (Fsp3) is 0.529. The summed E-state index contributed by atoms with van der Waals surface area (Å²) in [5.41, 5.74) is -0.186. The van der Waals surface area contributed by atoms with Gasteiger partial charge in [-0.3, -0.25) is 4.79 Å². The van der Waals surface area contributed by atoms with Gasteiger partial charge in [0.15, 0.2) is 5.60 Å². The van der Waals surface area contributed by atoms with Gasteiger partial charge in [-0.25, -0.2) is 4.79 Å². The quantitative estimate of drug-likeness (QED) is 0.609. The molecule has 5 nitrogen and oxygen atoms in total. The van der Waals surface area contributed by atoms with E-state index < -0.39 is 17.5 Å². The van der Waals surface area contributed by atoms with Gasteiger partial charge in [-0.1, -0.05) is 31.9 Å². The molecular weight excluding hydrogens is 320 g/mol. The third-order valence-electron chi connectivity index (χ3n) is 3.57. The Morgan fingerprint density at radius 1 is 1.30 bits per heavy atom. The van der Waals surface area contributed by atoms with Crippen LogP contribution in [0.3, 0.4) is 0 Å². The highest BCUT2D eigenvalue weighted by Gasteiger charge is 2.33. The van der Waals surface area contributed by atoms with Crippen LogP contribution in [0.4, 0.5) is 0 Å². The van der Waals surface area contributed by atoms with Crippen LogP contribution in [-0.4, -0.2) is 29.8 Å². The minimum atomic E-state index is -1.66. The van der Waals surface area contributed by atoms with Crippen LogP contribution >= 0.6 is 11.6 Å². The molecule has 0 aliphatic carbocycles. The zero-order chi connectivity index (χ0) is 17.6. The molecule has 0 radical (unpaired) electrons. The lowest BCUT2D eigenvalue weighted by Gasteiger charge is -2.20. The topological polar surface area (TPSA) is 72.8 Å². The zero-order valence-electron chi connectivity index (χ0n) is 13.9. The molecule has 0 aromatic heterocycles. The van der Waals surface area contributed by atoms with Crippen LogP contribution in [0.25, 0.3) is 0 Å². The Balaban J connectivity index is 2.92. The fourth-order valence-corrected chi connectivity index (χ4v) is 2.58. The zero-order valence-corrected chi connectivity index (χ0v) is 14.7. The molecule has 6 heteroatoms. The van der Waals surface area contributed by atoms with E-state index in [2.05, 4.69) is 0 Å². The van der Waals surface area contributed by atoms with Crippen LogP contribution in [0.15, 0.2) is 12.1 Å². The van der Waals surface area contributed by atoms with Gasteiger partial charge in [0.1, 0.15) is 5.75 Å². The number of aliphatic hydroxyl groups is 1. The number of hydrogen-bond acceptors (Lipinski definition) is 5. The lowest BCUT2D eigenvalue weighted by molar-refractivity contribution is -0.173. The van der Waals surface area contributed by atoms with Crippen LogP contribution in [-0.2, 0) is 27.2 Å². The van der Waals surface area contributed by atoms with Crippen molar-refractivity contribution in [2.45, 2.75) is 52.1 Å². The molecule has 1 aromatic rings. The summed E-state index contributed by atoms with van der Waals surface area (Å²) in [7, 11) is 1.48. The van der Waals surface area contributed by atoms with Gasteiger partial charge in [-0.05, 0) is 37.5 Å². The number of halogens is 1. The molecule has 1 aromatic carbocycles. The van der Waals surface area contributed by atoms with Gasteiger partial charge in [0.2, 0.25) is 0 Å². The maximum Gasteiger partial charge on any atom is 0.345 e. The monoisotopic (exact) mass is 342 g/mol. The number of aryl methyl sites for hydroxylation is 1.